The van der Waals surface area contributed by atoms with Crippen LogP contribution in [-0.2, 0) is 6.54 Å². The Bertz CT molecular complexity index is 1020. The lowest BCUT2D eigenvalue weighted by Gasteiger charge is -2.10. The van der Waals surface area contributed by atoms with Crippen molar-refractivity contribution < 1.29 is 9.59 Å². The molecular formula is C22H20ClN3O2. The SMILES string of the molecule is Cc1ccc(CNC(=O)c2cc(C(=O)Nc3ccc(Cl)cc3C)ccn2)cc1. The molecule has 6 heteroatoms. The smallest absolute Gasteiger partial charge is 0.270 e. The highest BCUT2D eigenvalue weighted by Crippen LogP contribution is 2.20. The van der Waals surface area contributed by atoms with Crippen LogP contribution in [0.5, 0.6) is 0 Å². The Labute approximate surface area is 168 Å². The third-order valence-corrected chi connectivity index (χ3v) is 4.50. The Morgan fingerprint density at radius 2 is 1.71 bits per heavy atom. The standard InChI is InChI=1S/C22H20ClN3O2/c1-14-3-5-16(6-4-14)13-25-22(28)20-12-17(9-10-24-20)21(27)26-19-8-7-18(23)11-15(19)2/h3-12H,13H2,1-2H3,(H,25,28)(H,26,27). The van der Waals surface area contributed by atoms with Crippen LogP contribution in [0, 0.1) is 13.8 Å². The zero-order valence-corrected chi connectivity index (χ0v) is 16.4. The maximum absolute atomic E-state index is 12.5. The van der Waals surface area contributed by atoms with E-state index in [-0.39, 0.29) is 17.5 Å². The predicted octanol–water partition coefficient (Wildman–Crippen LogP) is 4.53. The molecule has 1 heterocycles. The first-order valence-electron chi connectivity index (χ1n) is 8.79. The molecule has 28 heavy (non-hydrogen) atoms. The second-order valence-electron chi connectivity index (χ2n) is 6.51. The summed E-state index contributed by atoms with van der Waals surface area (Å²) in [7, 11) is 0. The van der Waals surface area contributed by atoms with Crippen molar-refractivity contribution in [3.8, 4) is 0 Å². The van der Waals surface area contributed by atoms with Crippen molar-refractivity contribution in [2.45, 2.75) is 20.4 Å². The first-order chi connectivity index (χ1) is 13.4. The second-order valence-corrected chi connectivity index (χ2v) is 6.95. The summed E-state index contributed by atoms with van der Waals surface area (Å²) in [5, 5.41) is 6.25. The Morgan fingerprint density at radius 3 is 2.43 bits per heavy atom. The minimum atomic E-state index is -0.335. The molecule has 142 valence electrons. The van der Waals surface area contributed by atoms with Gasteiger partial charge in [-0.2, -0.15) is 0 Å². The van der Waals surface area contributed by atoms with Crippen molar-refractivity contribution in [3.05, 3.63) is 93.8 Å². The van der Waals surface area contributed by atoms with Gasteiger partial charge in [0.1, 0.15) is 5.69 Å². The van der Waals surface area contributed by atoms with E-state index >= 15 is 0 Å². The van der Waals surface area contributed by atoms with Gasteiger partial charge in [0.05, 0.1) is 0 Å². The molecule has 0 atom stereocenters. The molecule has 1 aromatic heterocycles. The van der Waals surface area contributed by atoms with Gasteiger partial charge in [-0.25, -0.2) is 0 Å². The van der Waals surface area contributed by atoms with E-state index in [0.717, 1.165) is 16.7 Å². The minimum Gasteiger partial charge on any atom is -0.347 e. The second kappa shape index (κ2) is 8.67. The highest BCUT2D eigenvalue weighted by molar-refractivity contribution is 6.30. The van der Waals surface area contributed by atoms with Crippen molar-refractivity contribution in [1.29, 1.82) is 0 Å². The summed E-state index contributed by atoms with van der Waals surface area (Å²) in [4.78, 5) is 29.0. The molecule has 2 amide bonds. The van der Waals surface area contributed by atoms with Crippen LogP contribution >= 0.6 is 11.6 Å². The normalized spacial score (nSPS) is 10.4. The highest BCUT2D eigenvalue weighted by Gasteiger charge is 2.13. The molecule has 0 aliphatic heterocycles. The molecule has 2 aromatic carbocycles. The summed E-state index contributed by atoms with van der Waals surface area (Å²) >= 11 is 5.94. The number of hydrogen-bond acceptors (Lipinski definition) is 3. The van der Waals surface area contributed by atoms with Crippen LogP contribution in [-0.4, -0.2) is 16.8 Å². The number of carbonyl (C=O) groups is 2. The monoisotopic (exact) mass is 393 g/mol. The number of amides is 2. The summed E-state index contributed by atoms with van der Waals surface area (Å²) in [6.45, 7) is 4.26. The Balaban J connectivity index is 1.67. The van der Waals surface area contributed by atoms with E-state index in [1.54, 1.807) is 24.3 Å². The largest absolute Gasteiger partial charge is 0.347 e. The Hall–Kier alpha value is -3.18. The number of hydrogen-bond donors (Lipinski definition) is 2. The van der Waals surface area contributed by atoms with Crippen molar-refractivity contribution >= 4 is 29.1 Å². The van der Waals surface area contributed by atoms with E-state index < -0.39 is 0 Å². The van der Waals surface area contributed by atoms with E-state index in [4.69, 9.17) is 11.6 Å². The molecule has 0 bridgehead atoms. The molecule has 0 saturated heterocycles. The number of rotatable bonds is 5. The summed E-state index contributed by atoms with van der Waals surface area (Å²) in [6.07, 6.45) is 1.45. The molecular weight excluding hydrogens is 374 g/mol. The average molecular weight is 394 g/mol. The molecule has 5 nitrogen and oxygen atoms in total. The molecule has 0 aliphatic carbocycles. The van der Waals surface area contributed by atoms with Crippen LogP contribution in [0.1, 0.15) is 37.5 Å². The van der Waals surface area contributed by atoms with Gasteiger partial charge in [-0.15, -0.1) is 0 Å². The third kappa shape index (κ3) is 4.96. The maximum Gasteiger partial charge on any atom is 0.270 e. The maximum atomic E-state index is 12.5. The molecule has 3 aromatic rings. The molecule has 3 rings (SSSR count). The summed E-state index contributed by atoms with van der Waals surface area (Å²) in [6, 6.07) is 16.2. The predicted molar refractivity (Wildman–Crippen MR) is 111 cm³/mol. The van der Waals surface area contributed by atoms with Crippen molar-refractivity contribution in [2.75, 3.05) is 5.32 Å². The number of aryl methyl sites for hydroxylation is 2. The molecule has 0 aliphatic rings. The quantitative estimate of drug-likeness (QED) is 0.668. The lowest BCUT2D eigenvalue weighted by Crippen LogP contribution is -2.24. The summed E-state index contributed by atoms with van der Waals surface area (Å²) in [5.74, 6) is -0.654. The van der Waals surface area contributed by atoms with E-state index in [1.807, 2.05) is 38.1 Å². The Morgan fingerprint density at radius 1 is 0.964 bits per heavy atom. The van der Waals surface area contributed by atoms with Crippen molar-refractivity contribution in [1.82, 2.24) is 10.3 Å². The fourth-order valence-electron chi connectivity index (χ4n) is 2.64. The third-order valence-electron chi connectivity index (χ3n) is 4.27. The number of aromatic nitrogens is 1. The molecule has 0 radical (unpaired) electrons. The minimum absolute atomic E-state index is 0.188. The van der Waals surface area contributed by atoms with E-state index in [0.29, 0.717) is 22.8 Å². The van der Waals surface area contributed by atoms with Gasteiger partial charge >= 0.3 is 0 Å². The highest BCUT2D eigenvalue weighted by atomic mass is 35.5. The first kappa shape index (κ1) is 19.6. The molecule has 0 saturated carbocycles. The topological polar surface area (TPSA) is 71.1 Å². The van der Waals surface area contributed by atoms with E-state index in [1.165, 1.54) is 12.3 Å². The lowest BCUT2D eigenvalue weighted by molar-refractivity contribution is 0.0946. The van der Waals surface area contributed by atoms with Gasteiger partial charge in [-0.3, -0.25) is 14.6 Å². The number of benzene rings is 2. The summed E-state index contributed by atoms with van der Waals surface area (Å²) in [5.41, 5.74) is 4.21. The first-order valence-corrected chi connectivity index (χ1v) is 9.17. The lowest BCUT2D eigenvalue weighted by atomic mass is 10.1. The zero-order chi connectivity index (χ0) is 20.1. The van der Waals surface area contributed by atoms with Gasteiger partial charge in [-0.1, -0.05) is 41.4 Å². The number of anilines is 1. The average Bonchev–Trinajstić information content (AvgIpc) is 2.69. The van der Waals surface area contributed by atoms with Gasteiger partial charge in [-0.05, 0) is 55.3 Å². The Kier molecular flexibility index (Phi) is 6.06. The fraction of sp³-hybridized carbons (Fsp3) is 0.136. The van der Waals surface area contributed by atoms with Gasteiger partial charge in [0.25, 0.3) is 11.8 Å². The fourth-order valence-corrected chi connectivity index (χ4v) is 2.86. The van der Waals surface area contributed by atoms with Crippen LogP contribution in [0.3, 0.4) is 0 Å². The van der Waals surface area contributed by atoms with Crippen LogP contribution in [0.15, 0.2) is 60.8 Å². The number of nitrogens with one attached hydrogen (secondary N) is 2. The van der Waals surface area contributed by atoms with Crippen LogP contribution in [0.2, 0.25) is 5.02 Å². The van der Waals surface area contributed by atoms with Crippen molar-refractivity contribution in [2.24, 2.45) is 0 Å². The number of carbonyl (C=O) groups excluding carboxylic acids is 2. The molecule has 0 unspecified atom stereocenters. The van der Waals surface area contributed by atoms with Gasteiger partial charge in [0.2, 0.25) is 0 Å². The molecule has 0 spiro atoms. The van der Waals surface area contributed by atoms with Crippen LogP contribution in [0.4, 0.5) is 5.69 Å². The molecule has 2 N–H and O–H groups in total. The van der Waals surface area contributed by atoms with Gasteiger partial charge in [0.15, 0.2) is 0 Å². The zero-order valence-electron chi connectivity index (χ0n) is 15.6. The van der Waals surface area contributed by atoms with Gasteiger partial charge in [0, 0.05) is 29.0 Å². The van der Waals surface area contributed by atoms with Crippen LogP contribution < -0.4 is 10.6 Å². The number of pyridine rings is 1. The van der Waals surface area contributed by atoms with Crippen molar-refractivity contribution in [3.63, 3.8) is 0 Å². The van der Waals surface area contributed by atoms with Crippen LogP contribution in [0.25, 0.3) is 0 Å². The van der Waals surface area contributed by atoms with E-state index in [9.17, 15) is 9.59 Å². The van der Waals surface area contributed by atoms with E-state index in [2.05, 4.69) is 15.6 Å². The van der Waals surface area contributed by atoms with Gasteiger partial charge < -0.3 is 10.6 Å². The number of halogens is 1. The summed E-state index contributed by atoms with van der Waals surface area (Å²) < 4.78 is 0. The molecule has 0 fully saturated rings. The number of nitrogens with zero attached hydrogens (tertiary/aromatic N) is 1.